The molecule has 0 bridgehead atoms. The van der Waals surface area contributed by atoms with Gasteiger partial charge in [0.2, 0.25) is 0 Å². The van der Waals surface area contributed by atoms with Crippen LogP contribution in [0, 0.1) is 11.8 Å². The fraction of sp³-hybridized carbons (Fsp3) is 1.00. The Balaban J connectivity index is 0.00000162. The third-order valence-electron chi connectivity index (χ3n) is 4.47. The minimum atomic E-state index is 0. The van der Waals surface area contributed by atoms with Gasteiger partial charge in [0.05, 0.1) is 0 Å². The third-order valence-corrected chi connectivity index (χ3v) is 4.47. The second-order valence-electron chi connectivity index (χ2n) is 6.26. The number of piperazine rings is 1. The van der Waals surface area contributed by atoms with Gasteiger partial charge in [-0.15, -0.1) is 12.4 Å². The Bertz CT molecular complexity index is 229. The van der Waals surface area contributed by atoms with Crippen LogP contribution >= 0.6 is 12.4 Å². The van der Waals surface area contributed by atoms with E-state index in [2.05, 4.69) is 36.0 Å². The Morgan fingerprint density at radius 1 is 1.28 bits per heavy atom. The minimum Gasteiger partial charge on any atom is -0.316 e. The molecule has 3 nitrogen and oxygen atoms in total. The zero-order valence-electron chi connectivity index (χ0n) is 12.2. The third kappa shape index (κ3) is 4.37. The number of likely N-dealkylation sites (N-methyl/N-ethyl adjacent to an activating group) is 1. The van der Waals surface area contributed by atoms with E-state index in [1.807, 2.05) is 0 Å². The van der Waals surface area contributed by atoms with E-state index in [-0.39, 0.29) is 12.4 Å². The van der Waals surface area contributed by atoms with Crippen molar-refractivity contribution in [2.75, 3.05) is 46.3 Å². The van der Waals surface area contributed by atoms with Crippen molar-refractivity contribution in [2.24, 2.45) is 11.8 Å². The summed E-state index contributed by atoms with van der Waals surface area (Å²) in [6.45, 7) is 12.3. The first-order valence-corrected chi connectivity index (χ1v) is 7.30. The molecule has 0 aromatic heterocycles. The highest BCUT2D eigenvalue weighted by molar-refractivity contribution is 5.85. The molecule has 2 aliphatic heterocycles. The van der Waals surface area contributed by atoms with Gasteiger partial charge in [0.25, 0.3) is 0 Å². The van der Waals surface area contributed by atoms with Gasteiger partial charge in [-0.2, -0.15) is 0 Å². The summed E-state index contributed by atoms with van der Waals surface area (Å²) in [7, 11) is 2.28. The monoisotopic (exact) mass is 275 g/mol. The van der Waals surface area contributed by atoms with Crippen molar-refractivity contribution < 1.29 is 0 Å². The summed E-state index contributed by atoms with van der Waals surface area (Å²) in [5.41, 5.74) is 0. The smallest absolute Gasteiger partial charge is 0.0243 e. The minimum absolute atomic E-state index is 0. The van der Waals surface area contributed by atoms with Crippen LogP contribution in [0.3, 0.4) is 0 Å². The van der Waals surface area contributed by atoms with Gasteiger partial charge in [-0.3, -0.25) is 0 Å². The van der Waals surface area contributed by atoms with E-state index in [0.29, 0.717) is 0 Å². The van der Waals surface area contributed by atoms with Gasteiger partial charge in [-0.25, -0.2) is 0 Å². The summed E-state index contributed by atoms with van der Waals surface area (Å²) in [4.78, 5) is 5.24. The molecule has 2 rings (SSSR count). The molecule has 2 aliphatic rings. The molecular weight excluding hydrogens is 246 g/mol. The van der Waals surface area contributed by atoms with Crippen molar-refractivity contribution in [1.29, 1.82) is 0 Å². The van der Waals surface area contributed by atoms with E-state index in [1.54, 1.807) is 0 Å². The Kier molecular flexibility index (Phi) is 6.93. The number of hydrogen-bond acceptors (Lipinski definition) is 3. The lowest BCUT2D eigenvalue weighted by Gasteiger charge is -2.43. The predicted octanol–water partition coefficient (Wildman–Crippen LogP) is 1.68. The zero-order valence-corrected chi connectivity index (χ0v) is 13.0. The van der Waals surface area contributed by atoms with E-state index >= 15 is 0 Å². The summed E-state index contributed by atoms with van der Waals surface area (Å²) < 4.78 is 0. The normalized spacial score (nSPS) is 31.3. The van der Waals surface area contributed by atoms with Crippen LogP contribution in [0.5, 0.6) is 0 Å². The Morgan fingerprint density at radius 2 is 2.06 bits per heavy atom. The Morgan fingerprint density at radius 3 is 2.67 bits per heavy atom. The quantitative estimate of drug-likeness (QED) is 0.846. The summed E-state index contributed by atoms with van der Waals surface area (Å²) in [6, 6.07) is 0.750. The lowest BCUT2D eigenvalue weighted by atomic mass is 9.96. The predicted molar refractivity (Wildman–Crippen MR) is 80.5 cm³/mol. The van der Waals surface area contributed by atoms with Crippen molar-refractivity contribution in [1.82, 2.24) is 15.1 Å². The van der Waals surface area contributed by atoms with Crippen LogP contribution in [0.2, 0.25) is 0 Å². The zero-order chi connectivity index (χ0) is 12.3. The molecule has 0 aromatic rings. The highest BCUT2D eigenvalue weighted by Crippen LogP contribution is 2.18. The van der Waals surface area contributed by atoms with Gasteiger partial charge >= 0.3 is 0 Å². The molecule has 0 spiro atoms. The highest BCUT2D eigenvalue weighted by atomic mass is 35.5. The maximum atomic E-state index is 3.53. The molecule has 0 aromatic carbocycles. The van der Waals surface area contributed by atoms with Gasteiger partial charge in [0, 0.05) is 32.2 Å². The van der Waals surface area contributed by atoms with Crippen molar-refractivity contribution in [3.05, 3.63) is 0 Å². The molecule has 2 atom stereocenters. The molecule has 2 saturated heterocycles. The van der Waals surface area contributed by atoms with Gasteiger partial charge < -0.3 is 15.1 Å². The number of piperidine rings is 1. The summed E-state index contributed by atoms with van der Waals surface area (Å²) in [5.74, 6) is 1.66. The first-order valence-electron chi connectivity index (χ1n) is 7.30. The highest BCUT2D eigenvalue weighted by Gasteiger charge is 2.28. The van der Waals surface area contributed by atoms with E-state index in [4.69, 9.17) is 0 Å². The average molecular weight is 276 g/mol. The van der Waals surface area contributed by atoms with Gasteiger partial charge in [0.15, 0.2) is 0 Å². The first kappa shape index (κ1) is 16.2. The molecule has 4 heteroatoms. The lowest BCUT2D eigenvalue weighted by molar-refractivity contribution is 0.0577. The molecule has 2 unspecified atom stereocenters. The summed E-state index contributed by atoms with van der Waals surface area (Å²) in [6.07, 6.45) is 2.79. The van der Waals surface area contributed by atoms with Gasteiger partial charge in [-0.05, 0) is 44.8 Å². The molecule has 2 heterocycles. The molecule has 0 amide bonds. The number of rotatable bonds is 3. The van der Waals surface area contributed by atoms with Gasteiger partial charge in [0.1, 0.15) is 0 Å². The van der Waals surface area contributed by atoms with E-state index in [0.717, 1.165) is 17.9 Å². The molecule has 0 saturated carbocycles. The van der Waals surface area contributed by atoms with Crippen LogP contribution in [-0.2, 0) is 0 Å². The lowest BCUT2D eigenvalue weighted by Crippen LogP contribution is -2.55. The van der Waals surface area contributed by atoms with Crippen molar-refractivity contribution in [2.45, 2.75) is 32.7 Å². The maximum Gasteiger partial charge on any atom is 0.0243 e. The van der Waals surface area contributed by atoms with Crippen LogP contribution < -0.4 is 5.32 Å². The molecular formula is C14H30ClN3. The van der Waals surface area contributed by atoms with Crippen molar-refractivity contribution in [3.63, 3.8) is 0 Å². The van der Waals surface area contributed by atoms with Crippen LogP contribution in [-0.4, -0.2) is 62.2 Å². The molecule has 2 fully saturated rings. The maximum absolute atomic E-state index is 3.53. The average Bonchev–Trinajstić information content (AvgIpc) is 2.32. The second-order valence-corrected chi connectivity index (χ2v) is 6.26. The summed E-state index contributed by atoms with van der Waals surface area (Å²) in [5, 5.41) is 3.53. The fourth-order valence-electron chi connectivity index (χ4n) is 3.29. The van der Waals surface area contributed by atoms with Crippen molar-refractivity contribution in [3.8, 4) is 0 Å². The molecule has 0 aliphatic carbocycles. The largest absolute Gasteiger partial charge is 0.316 e. The molecule has 1 N–H and O–H groups in total. The van der Waals surface area contributed by atoms with Gasteiger partial charge in [-0.1, -0.05) is 13.8 Å². The number of nitrogens with zero attached hydrogens (tertiary/aromatic N) is 2. The van der Waals surface area contributed by atoms with Crippen LogP contribution in [0.4, 0.5) is 0 Å². The van der Waals surface area contributed by atoms with E-state index in [1.165, 1.54) is 52.1 Å². The molecule has 0 radical (unpaired) electrons. The van der Waals surface area contributed by atoms with Crippen molar-refractivity contribution >= 4 is 12.4 Å². The topological polar surface area (TPSA) is 18.5 Å². The summed E-state index contributed by atoms with van der Waals surface area (Å²) >= 11 is 0. The standard InChI is InChI=1S/C14H29N3.ClH/c1-12(2)14-11-17(8-7-16(14)3)10-13-5-4-6-15-9-13;/h12-15H,4-11H2,1-3H3;1H. The van der Waals surface area contributed by atoms with Crippen LogP contribution in [0.1, 0.15) is 26.7 Å². The Labute approximate surface area is 119 Å². The number of halogens is 1. The molecule has 18 heavy (non-hydrogen) atoms. The second kappa shape index (κ2) is 7.68. The van der Waals surface area contributed by atoms with E-state index < -0.39 is 0 Å². The first-order chi connectivity index (χ1) is 8.16. The SMILES string of the molecule is CC(C)C1CN(CC2CCCNC2)CCN1C.Cl. The Hall–Kier alpha value is 0.170. The molecule has 108 valence electrons. The van der Waals surface area contributed by atoms with E-state index in [9.17, 15) is 0 Å². The number of hydrogen-bond donors (Lipinski definition) is 1. The van der Waals surface area contributed by atoms with Crippen LogP contribution in [0.25, 0.3) is 0 Å². The fourth-order valence-corrected chi connectivity index (χ4v) is 3.29. The van der Waals surface area contributed by atoms with Crippen LogP contribution in [0.15, 0.2) is 0 Å². The number of nitrogens with one attached hydrogen (secondary N) is 1.